The molecule has 1 aromatic rings. The number of hydrogen-bond acceptors (Lipinski definition) is 5. The molecule has 6 heteroatoms. The van der Waals surface area contributed by atoms with E-state index in [-0.39, 0.29) is 22.4 Å². The number of aliphatic hydroxyl groups is 1. The monoisotopic (exact) mass is 261 g/mol. The number of fused-ring (bicyclic) bond motifs is 1. The van der Waals surface area contributed by atoms with Crippen LogP contribution in [0, 0.1) is 0 Å². The Bertz CT molecular complexity index is 617. The lowest BCUT2D eigenvalue weighted by Gasteiger charge is -2.18. The van der Waals surface area contributed by atoms with E-state index in [0.29, 0.717) is 0 Å². The third-order valence-electron chi connectivity index (χ3n) is 2.84. The molecule has 0 aromatic heterocycles. The molecule has 1 atom stereocenters. The van der Waals surface area contributed by atoms with Gasteiger partial charge in [-0.25, -0.2) is 0 Å². The van der Waals surface area contributed by atoms with Gasteiger partial charge in [-0.05, 0) is 12.1 Å². The minimum atomic E-state index is -1.43. The van der Waals surface area contributed by atoms with Crippen molar-refractivity contribution in [3.63, 3.8) is 0 Å². The maximum absolute atomic E-state index is 12.1. The Morgan fingerprint density at radius 3 is 2.63 bits per heavy atom. The lowest BCUT2D eigenvalue weighted by atomic mass is 9.86. The van der Waals surface area contributed by atoms with E-state index >= 15 is 0 Å². The summed E-state index contributed by atoms with van der Waals surface area (Å²) in [5.74, 6) is -2.27. The zero-order valence-electron chi connectivity index (χ0n) is 9.79. The molecule has 0 heterocycles. The molecule has 4 N–H and O–H groups in total. The second kappa shape index (κ2) is 4.66. The number of nitrogens with two attached hydrogens (primary N) is 1. The van der Waals surface area contributed by atoms with E-state index in [2.05, 4.69) is 0 Å². The molecule has 0 radical (unpaired) electrons. The number of phenols is 1. The molecule has 0 spiro atoms. The number of phenolic OH excluding ortho intramolecular Hbond substituents is 1. The van der Waals surface area contributed by atoms with Gasteiger partial charge in [0.2, 0.25) is 5.91 Å². The van der Waals surface area contributed by atoms with Crippen LogP contribution in [-0.4, -0.2) is 33.8 Å². The van der Waals surface area contributed by atoms with E-state index in [0.717, 1.165) is 6.08 Å². The Balaban J connectivity index is 2.45. The number of aromatic hydroxyl groups is 1. The Morgan fingerprint density at radius 1 is 1.32 bits per heavy atom. The molecule has 1 aromatic carbocycles. The van der Waals surface area contributed by atoms with Crippen LogP contribution in [0.15, 0.2) is 29.8 Å². The van der Waals surface area contributed by atoms with Crippen molar-refractivity contribution in [3.8, 4) is 5.75 Å². The van der Waals surface area contributed by atoms with Gasteiger partial charge in [-0.1, -0.05) is 12.1 Å². The van der Waals surface area contributed by atoms with Gasteiger partial charge in [0.1, 0.15) is 5.75 Å². The molecule has 1 amide bonds. The number of allylic oxidation sites excluding steroid dienone is 1. The van der Waals surface area contributed by atoms with E-state index in [1.54, 1.807) is 0 Å². The molecule has 0 unspecified atom stereocenters. The van der Waals surface area contributed by atoms with Gasteiger partial charge in [0.25, 0.3) is 0 Å². The number of ketones is 2. The van der Waals surface area contributed by atoms with Crippen molar-refractivity contribution < 1.29 is 24.6 Å². The number of rotatable bonds is 3. The molecule has 98 valence electrons. The third-order valence-corrected chi connectivity index (χ3v) is 2.84. The summed E-state index contributed by atoms with van der Waals surface area (Å²) < 4.78 is 0. The summed E-state index contributed by atoms with van der Waals surface area (Å²) in [6.07, 6.45) is -0.943. The van der Waals surface area contributed by atoms with Crippen LogP contribution in [0.1, 0.15) is 27.1 Å². The van der Waals surface area contributed by atoms with Crippen LogP contribution in [0.5, 0.6) is 5.75 Å². The highest BCUT2D eigenvalue weighted by molar-refractivity contribution is 6.25. The highest BCUT2D eigenvalue weighted by Crippen LogP contribution is 2.29. The molecule has 19 heavy (non-hydrogen) atoms. The zero-order valence-corrected chi connectivity index (χ0v) is 9.79. The molecule has 0 aliphatic heterocycles. The minimum absolute atomic E-state index is 0.00557. The number of aliphatic hydroxyl groups excluding tert-OH is 1. The molecule has 1 aliphatic carbocycles. The Kier molecular flexibility index (Phi) is 3.18. The predicted molar refractivity (Wildman–Crippen MR) is 64.7 cm³/mol. The van der Waals surface area contributed by atoms with Gasteiger partial charge in [0.05, 0.1) is 18.1 Å². The maximum atomic E-state index is 12.1. The van der Waals surface area contributed by atoms with E-state index in [1.165, 1.54) is 18.2 Å². The highest BCUT2D eigenvalue weighted by Gasteiger charge is 2.31. The van der Waals surface area contributed by atoms with Crippen LogP contribution in [0.25, 0.3) is 0 Å². The number of primary amides is 1. The summed E-state index contributed by atoms with van der Waals surface area (Å²) in [6, 6.07) is 4.09. The van der Waals surface area contributed by atoms with Crippen molar-refractivity contribution in [1.29, 1.82) is 0 Å². The molecule has 0 saturated heterocycles. The minimum Gasteiger partial charge on any atom is -0.507 e. The van der Waals surface area contributed by atoms with Crippen molar-refractivity contribution in [2.45, 2.75) is 12.5 Å². The Hall–Kier alpha value is -2.47. The summed E-state index contributed by atoms with van der Waals surface area (Å²) in [5, 5.41) is 19.3. The Morgan fingerprint density at radius 2 is 2.00 bits per heavy atom. The number of amides is 1. The first-order valence-corrected chi connectivity index (χ1v) is 5.50. The number of hydrogen-bond donors (Lipinski definition) is 3. The zero-order chi connectivity index (χ0) is 14.2. The summed E-state index contributed by atoms with van der Waals surface area (Å²) in [7, 11) is 0. The quantitative estimate of drug-likeness (QED) is 0.704. The fourth-order valence-corrected chi connectivity index (χ4v) is 1.97. The normalized spacial score (nSPS) is 15.7. The van der Waals surface area contributed by atoms with E-state index in [4.69, 9.17) is 5.73 Å². The second-order valence-electron chi connectivity index (χ2n) is 4.18. The van der Waals surface area contributed by atoms with Crippen molar-refractivity contribution in [2.24, 2.45) is 5.73 Å². The lowest BCUT2D eigenvalue weighted by molar-refractivity contribution is -0.119. The van der Waals surface area contributed by atoms with Crippen molar-refractivity contribution in [2.75, 3.05) is 0 Å². The summed E-state index contributed by atoms with van der Waals surface area (Å²) >= 11 is 0. The summed E-state index contributed by atoms with van der Waals surface area (Å²) in [5.41, 5.74) is 4.65. The van der Waals surface area contributed by atoms with E-state index < -0.39 is 30.0 Å². The van der Waals surface area contributed by atoms with Crippen LogP contribution in [0.4, 0.5) is 0 Å². The van der Waals surface area contributed by atoms with Gasteiger partial charge in [-0.3, -0.25) is 14.4 Å². The molecular weight excluding hydrogens is 250 g/mol. The first-order chi connectivity index (χ1) is 8.91. The van der Waals surface area contributed by atoms with E-state index in [9.17, 15) is 24.6 Å². The first kappa shape index (κ1) is 13.0. The molecule has 2 rings (SSSR count). The second-order valence-corrected chi connectivity index (χ2v) is 4.18. The molecule has 0 fully saturated rings. The van der Waals surface area contributed by atoms with Gasteiger partial charge in [0.15, 0.2) is 11.6 Å². The summed E-state index contributed by atoms with van der Waals surface area (Å²) in [6.45, 7) is 0. The van der Waals surface area contributed by atoms with Gasteiger partial charge in [0, 0.05) is 11.1 Å². The van der Waals surface area contributed by atoms with Gasteiger partial charge >= 0.3 is 0 Å². The molecule has 0 bridgehead atoms. The number of carbonyl (C=O) groups is 3. The molecular formula is C13H11NO5. The first-order valence-electron chi connectivity index (χ1n) is 5.50. The fraction of sp³-hybridized carbons (Fsp3) is 0.154. The van der Waals surface area contributed by atoms with Gasteiger partial charge < -0.3 is 15.9 Å². The predicted octanol–water partition coefficient (Wildman–Crippen LogP) is -0.0661. The van der Waals surface area contributed by atoms with Crippen LogP contribution in [0.3, 0.4) is 0 Å². The smallest absolute Gasteiger partial charge is 0.220 e. The number of benzene rings is 1. The lowest BCUT2D eigenvalue weighted by Crippen LogP contribution is -2.28. The average molecular weight is 261 g/mol. The molecule has 6 nitrogen and oxygen atoms in total. The third kappa shape index (κ3) is 2.25. The summed E-state index contributed by atoms with van der Waals surface area (Å²) in [4.78, 5) is 34.7. The largest absolute Gasteiger partial charge is 0.507 e. The van der Waals surface area contributed by atoms with Crippen LogP contribution < -0.4 is 5.73 Å². The van der Waals surface area contributed by atoms with Crippen molar-refractivity contribution in [1.82, 2.24) is 0 Å². The topological polar surface area (TPSA) is 118 Å². The standard InChI is InChI=1S/C13H11NO5/c14-11(18)5-9(16)7-4-10(17)12-6(13(7)19)2-1-3-8(12)15/h1-4,9,15-16H,5H2,(H2,14,18)/t9-/m0/s1. The number of carbonyl (C=O) groups excluding carboxylic acids is 3. The van der Waals surface area contributed by atoms with Crippen LogP contribution in [-0.2, 0) is 4.79 Å². The fourth-order valence-electron chi connectivity index (χ4n) is 1.97. The highest BCUT2D eigenvalue weighted by atomic mass is 16.3. The van der Waals surface area contributed by atoms with E-state index in [1.807, 2.05) is 0 Å². The van der Waals surface area contributed by atoms with Crippen molar-refractivity contribution >= 4 is 17.5 Å². The maximum Gasteiger partial charge on any atom is 0.220 e. The van der Waals surface area contributed by atoms with Crippen LogP contribution in [0.2, 0.25) is 0 Å². The molecule has 0 saturated carbocycles. The Labute approximate surface area is 108 Å². The molecule has 1 aliphatic rings. The number of Topliss-reactive ketones (excluding diaryl/α,β-unsaturated/α-hetero) is 1. The average Bonchev–Trinajstić information content (AvgIpc) is 2.32. The van der Waals surface area contributed by atoms with Gasteiger partial charge in [-0.2, -0.15) is 0 Å². The van der Waals surface area contributed by atoms with Crippen molar-refractivity contribution in [3.05, 3.63) is 41.0 Å². The van der Waals surface area contributed by atoms with Gasteiger partial charge in [-0.15, -0.1) is 0 Å². The SMILES string of the molecule is NC(=O)C[C@H](O)C1=CC(=O)c2c(O)cccc2C1=O. The van der Waals surface area contributed by atoms with Crippen LogP contribution >= 0.6 is 0 Å².